The third-order valence-electron chi connectivity index (χ3n) is 3.87. The fourth-order valence-electron chi connectivity index (χ4n) is 2.43. The molecule has 2 aromatic rings. The topological polar surface area (TPSA) is 59.6 Å². The number of amides is 1. The van der Waals surface area contributed by atoms with Crippen LogP contribution in [0.5, 0.6) is 11.5 Å². The van der Waals surface area contributed by atoms with E-state index in [4.69, 9.17) is 21.7 Å². The van der Waals surface area contributed by atoms with Gasteiger partial charge in [-0.05, 0) is 53.5 Å². The summed E-state index contributed by atoms with van der Waals surface area (Å²) < 4.78 is 10.5. The van der Waals surface area contributed by atoms with E-state index in [1.807, 2.05) is 24.3 Å². The summed E-state index contributed by atoms with van der Waals surface area (Å²) in [5, 5.41) is 5.92. The van der Waals surface area contributed by atoms with Crippen molar-refractivity contribution >= 4 is 28.9 Å². The Morgan fingerprint density at radius 1 is 1.04 bits per heavy atom. The third-order valence-corrected chi connectivity index (χ3v) is 4.07. The minimum absolute atomic E-state index is 0.0899. The quantitative estimate of drug-likeness (QED) is 0.801. The van der Waals surface area contributed by atoms with Gasteiger partial charge >= 0.3 is 0 Å². The molecule has 0 spiro atoms. The molecule has 0 atom stereocenters. The summed E-state index contributed by atoms with van der Waals surface area (Å²) in [7, 11) is 0. The number of carbonyl (C=O) groups excluding carboxylic acids is 1. The van der Waals surface area contributed by atoms with Gasteiger partial charge in [-0.1, -0.05) is 32.9 Å². The molecule has 2 aromatic carbocycles. The number of thiocarbonyl (C=S) groups is 1. The first-order valence-corrected chi connectivity index (χ1v) is 8.36. The number of benzene rings is 2. The molecule has 0 radical (unpaired) electrons. The summed E-state index contributed by atoms with van der Waals surface area (Å²) in [6.07, 6.45) is 0. The van der Waals surface area contributed by atoms with Crippen LogP contribution < -0.4 is 20.1 Å². The van der Waals surface area contributed by atoms with E-state index in [0.29, 0.717) is 17.1 Å². The number of carbonyl (C=O) groups is 1. The first-order valence-electron chi connectivity index (χ1n) is 7.95. The van der Waals surface area contributed by atoms with Crippen LogP contribution in [0.2, 0.25) is 0 Å². The zero-order valence-electron chi connectivity index (χ0n) is 14.4. The second kappa shape index (κ2) is 6.72. The van der Waals surface area contributed by atoms with Gasteiger partial charge in [0.05, 0.1) is 0 Å². The molecule has 0 saturated heterocycles. The summed E-state index contributed by atoms with van der Waals surface area (Å²) in [4.78, 5) is 12.3. The number of nitrogens with one attached hydrogen (secondary N) is 2. The van der Waals surface area contributed by atoms with Crippen LogP contribution in [0, 0.1) is 0 Å². The maximum absolute atomic E-state index is 12.3. The Balaban J connectivity index is 1.61. The number of hydrogen-bond donors (Lipinski definition) is 2. The van der Waals surface area contributed by atoms with Gasteiger partial charge in [0, 0.05) is 11.3 Å². The van der Waals surface area contributed by atoms with Gasteiger partial charge in [-0.25, -0.2) is 0 Å². The maximum Gasteiger partial charge on any atom is 0.257 e. The number of anilines is 1. The van der Waals surface area contributed by atoms with Gasteiger partial charge in [0.2, 0.25) is 6.79 Å². The van der Waals surface area contributed by atoms with Crippen molar-refractivity contribution in [1.29, 1.82) is 0 Å². The first kappa shape index (κ1) is 17.2. The average molecular weight is 356 g/mol. The van der Waals surface area contributed by atoms with Crippen LogP contribution in [0.15, 0.2) is 42.5 Å². The number of fused-ring (bicyclic) bond motifs is 1. The van der Waals surface area contributed by atoms with Crippen LogP contribution in [-0.2, 0) is 5.41 Å². The summed E-state index contributed by atoms with van der Waals surface area (Å²) in [6.45, 7) is 6.65. The van der Waals surface area contributed by atoms with Crippen molar-refractivity contribution in [3.8, 4) is 11.5 Å². The Labute approximate surface area is 152 Å². The van der Waals surface area contributed by atoms with E-state index in [1.54, 1.807) is 18.2 Å². The Hall–Kier alpha value is -2.60. The lowest BCUT2D eigenvalue weighted by atomic mass is 9.87. The number of ether oxygens (including phenoxy) is 2. The highest BCUT2D eigenvalue weighted by molar-refractivity contribution is 7.80. The van der Waals surface area contributed by atoms with E-state index in [9.17, 15) is 4.79 Å². The van der Waals surface area contributed by atoms with Crippen molar-refractivity contribution in [3.63, 3.8) is 0 Å². The van der Waals surface area contributed by atoms with Crippen molar-refractivity contribution in [2.45, 2.75) is 26.2 Å². The molecule has 0 unspecified atom stereocenters. The van der Waals surface area contributed by atoms with Gasteiger partial charge in [-0.3, -0.25) is 10.1 Å². The van der Waals surface area contributed by atoms with E-state index in [2.05, 4.69) is 31.4 Å². The minimum atomic E-state index is -0.304. The van der Waals surface area contributed by atoms with Gasteiger partial charge in [-0.2, -0.15) is 0 Å². The molecule has 1 amide bonds. The van der Waals surface area contributed by atoms with Crippen molar-refractivity contribution in [2.24, 2.45) is 0 Å². The highest BCUT2D eigenvalue weighted by Gasteiger charge is 2.17. The fourth-order valence-corrected chi connectivity index (χ4v) is 2.64. The smallest absolute Gasteiger partial charge is 0.257 e. The lowest BCUT2D eigenvalue weighted by molar-refractivity contribution is 0.0977. The zero-order chi connectivity index (χ0) is 18.0. The molecular formula is C19H20N2O3S. The van der Waals surface area contributed by atoms with Crippen LogP contribution in [0.3, 0.4) is 0 Å². The standard InChI is InChI=1S/C19H20N2O3S/c1-19(2,3)13-5-7-14(8-6-13)20-18(25)21-17(22)12-4-9-15-16(10-12)24-11-23-15/h4-10H,11H2,1-3H3,(H2,20,21,22,25). The molecule has 5 nitrogen and oxygen atoms in total. The molecule has 2 N–H and O–H groups in total. The molecule has 0 bridgehead atoms. The lowest BCUT2D eigenvalue weighted by Crippen LogP contribution is -2.34. The van der Waals surface area contributed by atoms with Crippen LogP contribution in [0.4, 0.5) is 5.69 Å². The molecule has 0 aliphatic carbocycles. The molecular weight excluding hydrogens is 336 g/mol. The van der Waals surface area contributed by atoms with Crippen LogP contribution in [0.25, 0.3) is 0 Å². The van der Waals surface area contributed by atoms with E-state index < -0.39 is 0 Å². The van der Waals surface area contributed by atoms with Crippen molar-refractivity contribution in [3.05, 3.63) is 53.6 Å². The molecule has 0 saturated carbocycles. The van der Waals surface area contributed by atoms with Crippen LogP contribution in [0.1, 0.15) is 36.7 Å². The van der Waals surface area contributed by atoms with Crippen molar-refractivity contribution < 1.29 is 14.3 Å². The minimum Gasteiger partial charge on any atom is -0.454 e. The van der Waals surface area contributed by atoms with Gasteiger partial charge in [-0.15, -0.1) is 0 Å². The summed E-state index contributed by atoms with van der Waals surface area (Å²) in [5.41, 5.74) is 2.60. The van der Waals surface area contributed by atoms with Gasteiger partial charge in [0.25, 0.3) is 5.91 Å². The predicted molar refractivity (Wildman–Crippen MR) is 101 cm³/mol. The number of hydrogen-bond acceptors (Lipinski definition) is 4. The maximum atomic E-state index is 12.3. The van der Waals surface area contributed by atoms with Crippen LogP contribution >= 0.6 is 12.2 Å². The van der Waals surface area contributed by atoms with Crippen LogP contribution in [-0.4, -0.2) is 17.8 Å². The molecule has 3 rings (SSSR count). The lowest BCUT2D eigenvalue weighted by Gasteiger charge is -2.19. The molecule has 1 aliphatic heterocycles. The fraction of sp³-hybridized carbons (Fsp3) is 0.263. The monoisotopic (exact) mass is 356 g/mol. The van der Waals surface area contributed by atoms with Gasteiger partial charge in [0.15, 0.2) is 16.6 Å². The van der Waals surface area contributed by atoms with Crippen molar-refractivity contribution in [1.82, 2.24) is 5.32 Å². The van der Waals surface area contributed by atoms with E-state index in [1.165, 1.54) is 5.56 Å². The second-order valence-electron chi connectivity index (χ2n) is 6.80. The molecule has 0 fully saturated rings. The third kappa shape index (κ3) is 4.09. The SMILES string of the molecule is CC(C)(C)c1ccc(NC(=S)NC(=O)c2ccc3c(c2)OCO3)cc1. The predicted octanol–water partition coefficient (Wildman–Crippen LogP) is 3.84. The largest absolute Gasteiger partial charge is 0.454 e. The normalized spacial score (nSPS) is 12.6. The Morgan fingerprint density at radius 3 is 2.40 bits per heavy atom. The average Bonchev–Trinajstić information content (AvgIpc) is 3.01. The molecule has 6 heteroatoms. The summed E-state index contributed by atoms with van der Waals surface area (Å²) >= 11 is 5.22. The molecule has 1 heterocycles. The Morgan fingerprint density at radius 2 is 1.72 bits per heavy atom. The van der Waals surface area contributed by atoms with E-state index in [-0.39, 0.29) is 23.2 Å². The van der Waals surface area contributed by atoms with Gasteiger partial charge in [0.1, 0.15) is 0 Å². The molecule has 25 heavy (non-hydrogen) atoms. The zero-order valence-corrected chi connectivity index (χ0v) is 15.2. The molecule has 0 aromatic heterocycles. The first-order chi connectivity index (χ1) is 11.8. The molecule has 1 aliphatic rings. The highest BCUT2D eigenvalue weighted by atomic mass is 32.1. The highest BCUT2D eigenvalue weighted by Crippen LogP contribution is 2.32. The van der Waals surface area contributed by atoms with E-state index in [0.717, 1.165) is 5.69 Å². The van der Waals surface area contributed by atoms with Gasteiger partial charge < -0.3 is 14.8 Å². The Kier molecular flexibility index (Phi) is 4.63. The Bertz CT molecular complexity index is 810. The van der Waals surface area contributed by atoms with Crippen molar-refractivity contribution in [2.75, 3.05) is 12.1 Å². The number of rotatable bonds is 2. The second-order valence-corrected chi connectivity index (χ2v) is 7.21. The summed E-state index contributed by atoms with van der Waals surface area (Å²) in [5.74, 6) is 0.891. The molecule has 130 valence electrons. The van der Waals surface area contributed by atoms with E-state index >= 15 is 0 Å². The summed E-state index contributed by atoms with van der Waals surface area (Å²) in [6, 6.07) is 13.0.